The summed E-state index contributed by atoms with van der Waals surface area (Å²) in [6, 6.07) is 3.22. The summed E-state index contributed by atoms with van der Waals surface area (Å²) in [6.45, 7) is 0. The van der Waals surface area contributed by atoms with Crippen molar-refractivity contribution in [2.75, 3.05) is 5.75 Å². The molecule has 16 heteroatoms. The highest BCUT2D eigenvalue weighted by molar-refractivity contribution is 8.01. The van der Waals surface area contributed by atoms with Crippen LogP contribution in [0.4, 0.5) is 26.3 Å². The van der Waals surface area contributed by atoms with E-state index >= 15 is 0 Å². The largest absolute Gasteiger partial charge is 0.416 e. The molecule has 0 fully saturated rings. The topological polar surface area (TPSA) is 101 Å². The lowest BCUT2D eigenvalue weighted by molar-refractivity contribution is -0.143. The second kappa shape index (κ2) is 8.84. The number of thiazole rings is 1. The van der Waals surface area contributed by atoms with E-state index in [1.165, 1.54) is 16.2 Å². The lowest BCUT2D eigenvalue weighted by Crippen LogP contribution is -2.42. The molecule has 32 heavy (non-hydrogen) atoms. The average molecular weight is 516 g/mol. The molecule has 3 aromatic rings. The van der Waals surface area contributed by atoms with Crippen LogP contribution in [-0.2, 0) is 27.2 Å². The molecule has 2 heterocycles. The van der Waals surface area contributed by atoms with Gasteiger partial charge in [-0.3, -0.25) is 10.2 Å². The fourth-order valence-corrected chi connectivity index (χ4v) is 4.95. The first kappa shape index (κ1) is 24.2. The smallest absolute Gasteiger partial charge is 0.277 e. The SMILES string of the molecule is O=C(CSc1nc2cccnc2s1)NNS(=O)(=O)c1cc(C(F)(F)F)cc(C(F)(F)F)c1. The standard InChI is InChI=1S/C16H10F6N4O3S3/c17-15(18,19)8-4-9(16(20,21)22)6-10(5-8)32(28,29)26-25-12(27)7-30-14-24-11-2-1-3-23-13(11)31-14/h1-6,26H,7H2,(H,25,27). The molecule has 0 bridgehead atoms. The number of fused-ring (bicyclic) bond motifs is 1. The second-order valence-electron chi connectivity index (χ2n) is 5.99. The number of thioether (sulfide) groups is 1. The average Bonchev–Trinajstić information content (AvgIpc) is 3.12. The minimum Gasteiger partial charge on any atom is -0.277 e. The van der Waals surface area contributed by atoms with E-state index in [0.717, 1.165) is 11.8 Å². The Morgan fingerprint density at radius 1 is 1.06 bits per heavy atom. The number of nitrogens with zero attached hydrogens (tertiary/aromatic N) is 2. The van der Waals surface area contributed by atoms with Crippen molar-refractivity contribution >= 4 is 49.4 Å². The summed E-state index contributed by atoms with van der Waals surface area (Å²) in [5.41, 5.74) is -1.28. The van der Waals surface area contributed by atoms with Crippen molar-refractivity contribution in [1.29, 1.82) is 0 Å². The first-order valence-corrected chi connectivity index (χ1v) is 11.5. The number of halogens is 6. The molecule has 0 unspecified atom stereocenters. The van der Waals surface area contributed by atoms with Gasteiger partial charge in [-0.05, 0) is 30.3 Å². The predicted molar refractivity (Wildman–Crippen MR) is 103 cm³/mol. The molecule has 0 saturated carbocycles. The minimum atomic E-state index is -5.22. The van der Waals surface area contributed by atoms with Crippen LogP contribution in [-0.4, -0.2) is 30.0 Å². The number of amides is 1. The number of rotatable bonds is 6. The molecule has 2 aromatic heterocycles. The Morgan fingerprint density at radius 2 is 1.69 bits per heavy atom. The normalized spacial score (nSPS) is 12.8. The Bertz CT molecular complexity index is 1190. The van der Waals surface area contributed by atoms with E-state index in [4.69, 9.17) is 0 Å². The van der Waals surface area contributed by atoms with Crippen LogP contribution in [0.15, 0.2) is 45.8 Å². The molecule has 172 valence electrons. The second-order valence-corrected chi connectivity index (χ2v) is 9.87. The fraction of sp³-hybridized carbons (Fsp3) is 0.188. The Hall–Kier alpha value is -2.43. The third kappa shape index (κ3) is 5.87. The van der Waals surface area contributed by atoms with Gasteiger partial charge in [-0.1, -0.05) is 23.1 Å². The zero-order valence-corrected chi connectivity index (χ0v) is 17.7. The molecule has 0 aliphatic heterocycles. The Kier molecular flexibility index (Phi) is 6.69. The molecule has 0 atom stereocenters. The number of sulfonamides is 1. The minimum absolute atomic E-state index is 0.0343. The number of aromatic nitrogens is 2. The Balaban J connectivity index is 1.70. The highest BCUT2D eigenvalue weighted by Crippen LogP contribution is 2.37. The van der Waals surface area contributed by atoms with E-state index in [2.05, 4.69) is 9.97 Å². The van der Waals surface area contributed by atoms with E-state index in [1.54, 1.807) is 23.8 Å². The molecule has 0 aliphatic carbocycles. The van der Waals surface area contributed by atoms with E-state index in [0.29, 0.717) is 14.7 Å². The highest BCUT2D eigenvalue weighted by atomic mass is 32.2. The van der Waals surface area contributed by atoms with Gasteiger partial charge in [-0.2, -0.15) is 26.3 Å². The van der Waals surface area contributed by atoms with Crippen molar-refractivity contribution in [2.45, 2.75) is 21.6 Å². The first-order valence-electron chi connectivity index (χ1n) is 8.20. The summed E-state index contributed by atoms with van der Waals surface area (Å²) in [4.78, 5) is 21.0. The van der Waals surface area contributed by atoms with Gasteiger partial charge in [-0.25, -0.2) is 18.4 Å². The van der Waals surface area contributed by atoms with Gasteiger partial charge < -0.3 is 0 Å². The summed E-state index contributed by atoms with van der Waals surface area (Å²) in [7, 11) is -4.94. The maximum absolute atomic E-state index is 12.9. The van der Waals surface area contributed by atoms with Crippen LogP contribution in [0.3, 0.4) is 0 Å². The van der Waals surface area contributed by atoms with Crippen molar-refractivity contribution < 1.29 is 39.6 Å². The van der Waals surface area contributed by atoms with Crippen LogP contribution < -0.4 is 10.3 Å². The lowest BCUT2D eigenvalue weighted by atomic mass is 10.1. The number of alkyl halides is 6. The number of carbonyl (C=O) groups excluding carboxylic acids is 1. The molecule has 0 spiro atoms. The Morgan fingerprint density at radius 3 is 2.25 bits per heavy atom. The number of hydrazine groups is 1. The number of benzene rings is 1. The van der Waals surface area contributed by atoms with E-state index in [1.807, 2.05) is 0 Å². The maximum Gasteiger partial charge on any atom is 0.416 e. The van der Waals surface area contributed by atoms with Crippen molar-refractivity contribution in [1.82, 2.24) is 20.2 Å². The number of carbonyl (C=O) groups is 1. The van der Waals surface area contributed by atoms with Crippen LogP contribution in [0.2, 0.25) is 0 Å². The van der Waals surface area contributed by atoms with Crippen LogP contribution in [0.1, 0.15) is 11.1 Å². The molecular weight excluding hydrogens is 506 g/mol. The molecule has 1 amide bonds. The summed E-state index contributed by atoms with van der Waals surface area (Å²) < 4.78 is 102. The summed E-state index contributed by atoms with van der Waals surface area (Å²) >= 11 is 2.11. The molecule has 2 N–H and O–H groups in total. The van der Waals surface area contributed by atoms with Crippen molar-refractivity contribution in [3.63, 3.8) is 0 Å². The zero-order valence-electron chi connectivity index (χ0n) is 15.3. The first-order chi connectivity index (χ1) is 14.8. The molecular formula is C16H10F6N4O3S3. The van der Waals surface area contributed by atoms with Crippen LogP contribution >= 0.6 is 23.1 Å². The molecule has 7 nitrogen and oxygen atoms in total. The van der Waals surface area contributed by atoms with Crippen LogP contribution in [0.5, 0.6) is 0 Å². The molecule has 3 rings (SSSR count). The van der Waals surface area contributed by atoms with Crippen molar-refractivity contribution in [3.05, 3.63) is 47.7 Å². The van der Waals surface area contributed by atoms with Gasteiger partial charge in [0, 0.05) is 6.20 Å². The third-order valence-corrected chi connectivity index (χ3v) is 7.02. The Labute approximate surface area is 184 Å². The van der Waals surface area contributed by atoms with Crippen LogP contribution in [0, 0.1) is 0 Å². The van der Waals surface area contributed by atoms with Gasteiger partial charge in [0.1, 0.15) is 10.3 Å². The molecule has 0 saturated heterocycles. The van der Waals surface area contributed by atoms with E-state index in [9.17, 15) is 39.6 Å². The summed E-state index contributed by atoms with van der Waals surface area (Å²) in [6.07, 6.45) is -8.90. The summed E-state index contributed by atoms with van der Waals surface area (Å²) in [5.74, 6) is -1.24. The fourth-order valence-electron chi connectivity index (χ4n) is 2.24. The molecule has 0 aliphatic rings. The number of hydrogen-bond acceptors (Lipinski definition) is 7. The maximum atomic E-state index is 12.9. The zero-order chi connectivity index (χ0) is 23.7. The quantitative estimate of drug-likeness (QED) is 0.294. The van der Waals surface area contributed by atoms with E-state index < -0.39 is 44.3 Å². The number of hydrogen-bond donors (Lipinski definition) is 2. The van der Waals surface area contributed by atoms with Crippen molar-refractivity contribution in [3.8, 4) is 0 Å². The third-order valence-electron chi connectivity index (χ3n) is 3.67. The van der Waals surface area contributed by atoms with Gasteiger partial charge >= 0.3 is 12.4 Å². The monoisotopic (exact) mass is 516 g/mol. The summed E-state index contributed by atoms with van der Waals surface area (Å²) in [5, 5.41) is 0. The predicted octanol–water partition coefficient (Wildman–Crippen LogP) is 3.83. The van der Waals surface area contributed by atoms with E-state index in [-0.39, 0.29) is 24.0 Å². The number of nitrogens with one attached hydrogen (secondary N) is 2. The van der Waals surface area contributed by atoms with Crippen LogP contribution in [0.25, 0.3) is 10.3 Å². The lowest BCUT2D eigenvalue weighted by Gasteiger charge is -2.15. The highest BCUT2D eigenvalue weighted by Gasteiger charge is 2.38. The molecule has 0 radical (unpaired) electrons. The van der Waals surface area contributed by atoms with Gasteiger partial charge in [0.2, 0.25) is 5.91 Å². The number of pyridine rings is 1. The van der Waals surface area contributed by atoms with Gasteiger partial charge in [0.15, 0.2) is 4.34 Å². The molecule has 1 aromatic carbocycles. The van der Waals surface area contributed by atoms with Crippen molar-refractivity contribution in [2.24, 2.45) is 0 Å². The van der Waals surface area contributed by atoms with Gasteiger partial charge in [0.25, 0.3) is 10.0 Å². The van der Waals surface area contributed by atoms with Gasteiger partial charge in [-0.15, -0.1) is 4.83 Å². The van der Waals surface area contributed by atoms with Gasteiger partial charge in [0.05, 0.1) is 21.8 Å².